The van der Waals surface area contributed by atoms with E-state index in [1.54, 1.807) is 18.3 Å². The third-order valence-electron chi connectivity index (χ3n) is 3.36. The van der Waals surface area contributed by atoms with Gasteiger partial charge < -0.3 is 19.8 Å². The topological polar surface area (TPSA) is 61.5 Å². The van der Waals surface area contributed by atoms with Crippen molar-refractivity contribution in [1.29, 1.82) is 0 Å². The van der Waals surface area contributed by atoms with Gasteiger partial charge >= 0.3 is 0 Å². The molecule has 1 aromatic heterocycles. The minimum atomic E-state index is 0.278. The van der Waals surface area contributed by atoms with Gasteiger partial charge in [0.1, 0.15) is 11.4 Å². The van der Waals surface area contributed by atoms with Gasteiger partial charge in [0.05, 0.1) is 6.20 Å². The Labute approximate surface area is 111 Å². The normalized spacial score (nSPS) is 15.7. The number of anilines is 1. The number of nitrogens with one attached hydrogen (secondary N) is 1. The van der Waals surface area contributed by atoms with Crippen LogP contribution in [0.2, 0.25) is 0 Å². The van der Waals surface area contributed by atoms with Crippen LogP contribution in [0.1, 0.15) is 11.3 Å². The van der Waals surface area contributed by atoms with Crippen molar-refractivity contribution in [2.45, 2.75) is 6.42 Å². The van der Waals surface area contributed by atoms with Gasteiger partial charge in [-0.05, 0) is 17.7 Å². The second kappa shape index (κ2) is 5.32. The van der Waals surface area contributed by atoms with Gasteiger partial charge in [-0.2, -0.15) is 0 Å². The fourth-order valence-electron chi connectivity index (χ4n) is 2.40. The van der Waals surface area contributed by atoms with Crippen molar-refractivity contribution in [3.63, 3.8) is 0 Å². The number of aromatic hydroxyl groups is 1. The van der Waals surface area contributed by atoms with E-state index < -0.39 is 0 Å². The molecular formula is C14H17N3O2. The third-order valence-corrected chi connectivity index (χ3v) is 3.36. The highest BCUT2D eigenvalue weighted by Crippen LogP contribution is 2.24. The van der Waals surface area contributed by atoms with E-state index >= 15 is 0 Å². The van der Waals surface area contributed by atoms with Crippen molar-refractivity contribution in [3.05, 3.63) is 41.8 Å². The van der Waals surface area contributed by atoms with E-state index in [2.05, 4.69) is 15.4 Å². The van der Waals surface area contributed by atoms with Crippen LogP contribution in [-0.2, 0) is 6.42 Å². The molecule has 0 saturated carbocycles. The Morgan fingerprint density at radius 3 is 2.95 bits per heavy atom. The molecular weight excluding hydrogens is 242 g/mol. The zero-order chi connectivity index (χ0) is 13.1. The number of piperazine rings is 1. The molecule has 1 fully saturated rings. The fourth-order valence-corrected chi connectivity index (χ4v) is 2.40. The van der Waals surface area contributed by atoms with Gasteiger partial charge in [0, 0.05) is 32.6 Å². The van der Waals surface area contributed by atoms with Crippen LogP contribution in [0.5, 0.6) is 5.75 Å². The highest BCUT2D eigenvalue weighted by atomic mass is 16.5. The number of benzene rings is 1. The lowest BCUT2D eigenvalue weighted by molar-refractivity contribution is 0.389. The summed E-state index contributed by atoms with van der Waals surface area (Å²) in [6.07, 6.45) is 2.43. The van der Waals surface area contributed by atoms with E-state index in [-0.39, 0.29) is 5.75 Å². The molecule has 19 heavy (non-hydrogen) atoms. The molecule has 0 spiro atoms. The minimum Gasteiger partial charge on any atom is -0.508 e. The van der Waals surface area contributed by atoms with Gasteiger partial charge in [-0.1, -0.05) is 17.3 Å². The summed E-state index contributed by atoms with van der Waals surface area (Å²) < 4.78 is 5.37. The van der Waals surface area contributed by atoms with Crippen LogP contribution in [0.3, 0.4) is 0 Å². The first-order valence-corrected chi connectivity index (χ1v) is 6.50. The molecule has 0 bridgehead atoms. The Bertz CT molecular complexity index is 547. The molecule has 1 saturated heterocycles. The summed E-state index contributed by atoms with van der Waals surface area (Å²) in [5, 5.41) is 16.7. The summed E-state index contributed by atoms with van der Waals surface area (Å²) in [5.41, 5.74) is 2.08. The van der Waals surface area contributed by atoms with E-state index in [0.717, 1.165) is 43.2 Å². The minimum absolute atomic E-state index is 0.278. The van der Waals surface area contributed by atoms with Crippen molar-refractivity contribution in [2.75, 3.05) is 31.1 Å². The molecule has 1 aliphatic heterocycles. The van der Waals surface area contributed by atoms with E-state index in [9.17, 15) is 5.11 Å². The number of aromatic nitrogens is 1. The zero-order valence-electron chi connectivity index (χ0n) is 10.7. The first-order chi connectivity index (χ1) is 9.33. The molecule has 0 atom stereocenters. The molecule has 2 heterocycles. The Morgan fingerprint density at radius 1 is 1.32 bits per heavy atom. The van der Waals surface area contributed by atoms with Crippen molar-refractivity contribution in [1.82, 2.24) is 10.5 Å². The number of hydrogen-bond donors (Lipinski definition) is 2. The summed E-state index contributed by atoms with van der Waals surface area (Å²) in [4.78, 5) is 2.28. The highest BCUT2D eigenvalue weighted by Gasteiger charge is 2.17. The summed E-state index contributed by atoms with van der Waals surface area (Å²) in [5.74, 6) is 1.13. The SMILES string of the molecule is Oc1cccc(Cc2oncc2N2CCNCC2)c1. The fraction of sp³-hybridized carbons (Fsp3) is 0.357. The average molecular weight is 259 g/mol. The van der Waals surface area contributed by atoms with Gasteiger partial charge in [-0.3, -0.25) is 0 Å². The van der Waals surface area contributed by atoms with Crippen LogP contribution >= 0.6 is 0 Å². The third kappa shape index (κ3) is 2.71. The molecule has 0 radical (unpaired) electrons. The molecule has 0 unspecified atom stereocenters. The molecule has 3 rings (SSSR count). The van der Waals surface area contributed by atoms with Crippen LogP contribution in [0.4, 0.5) is 5.69 Å². The number of rotatable bonds is 3. The predicted molar refractivity (Wildman–Crippen MR) is 72.5 cm³/mol. The lowest BCUT2D eigenvalue weighted by Crippen LogP contribution is -2.43. The molecule has 0 amide bonds. The van der Waals surface area contributed by atoms with Gasteiger partial charge in [0.15, 0.2) is 5.76 Å². The van der Waals surface area contributed by atoms with Gasteiger partial charge in [-0.15, -0.1) is 0 Å². The van der Waals surface area contributed by atoms with Crippen LogP contribution in [-0.4, -0.2) is 36.4 Å². The van der Waals surface area contributed by atoms with Crippen LogP contribution < -0.4 is 10.2 Å². The number of nitrogens with zero attached hydrogens (tertiary/aromatic N) is 2. The standard InChI is InChI=1S/C14H17N3O2/c18-12-3-1-2-11(8-12)9-14-13(10-16-19-14)17-6-4-15-5-7-17/h1-3,8,10,15,18H,4-7,9H2. The summed E-state index contributed by atoms with van der Waals surface area (Å²) in [6.45, 7) is 3.90. The first kappa shape index (κ1) is 12.0. The number of phenols is 1. The maximum Gasteiger partial charge on any atom is 0.164 e. The maximum absolute atomic E-state index is 9.49. The lowest BCUT2D eigenvalue weighted by Gasteiger charge is -2.28. The summed E-state index contributed by atoms with van der Waals surface area (Å²) >= 11 is 0. The van der Waals surface area contributed by atoms with Crippen LogP contribution in [0.25, 0.3) is 0 Å². The highest BCUT2D eigenvalue weighted by molar-refractivity contribution is 5.50. The van der Waals surface area contributed by atoms with Crippen molar-refractivity contribution in [3.8, 4) is 5.75 Å². The second-order valence-corrected chi connectivity index (χ2v) is 4.72. The molecule has 100 valence electrons. The Balaban J connectivity index is 1.80. The van der Waals surface area contributed by atoms with E-state index in [0.29, 0.717) is 6.42 Å². The monoisotopic (exact) mass is 259 g/mol. The van der Waals surface area contributed by atoms with Gasteiger partial charge in [0.25, 0.3) is 0 Å². The summed E-state index contributed by atoms with van der Waals surface area (Å²) in [7, 11) is 0. The maximum atomic E-state index is 9.49. The molecule has 5 nitrogen and oxygen atoms in total. The Kier molecular flexibility index (Phi) is 3.37. The molecule has 1 aromatic carbocycles. The molecule has 5 heteroatoms. The average Bonchev–Trinajstić information content (AvgIpc) is 2.88. The quantitative estimate of drug-likeness (QED) is 0.872. The van der Waals surface area contributed by atoms with Gasteiger partial charge in [-0.25, -0.2) is 0 Å². The van der Waals surface area contributed by atoms with Crippen molar-refractivity contribution >= 4 is 5.69 Å². The molecule has 2 aromatic rings. The van der Waals surface area contributed by atoms with Gasteiger partial charge in [0.2, 0.25) is 0 Å². The summed E-state index contributed by atoms with van der Waals surface area (Å²) in [6, 6.07) is 7.24. The molecule has 2 N–H and O–H groups in total. The second-order valence-electron chi connectivity index (χ2n) is 4.72. The lowest BCUT2D eigenvalue weighted by atomic mass is 10.1. The van der Waals surface area contributed by atoms with Crippen molar-refractivity contribution < 1.29 is 9.63 Å². The Hall–Kier alpha value is -2.01. The van der Waals surface area contributed by atoms with E-state index in [1.807, 2.05) is 12.1 Å². The van der Waals surface area contributed by atoms with E-state index in [1.165, 1.54) is 0 Å². The van der Waals surface area contributed by atoms with E-state index in [4.69, 9.17) is 4.52 Å². The Morgan fingerprint density at radius 2 is 2.16 bits per heavy atom. The largest absolute Gasteiger partial charge is 0.508 e. The molecule has 0 aliphatic carbocycles. The number of phenolic OH excluding ortho intramolecular Hbond substituents is 1. The smallest absolute Gasteiger partial charge is 0.164 e. The number of hydrogen-bond acceptors (Lipinski definition) is 5. The van der Waals surface area contributed by atoms with Crippen molar-refractivity contribution in [2.24, 2.45) is 0 Å². The van der Waals surface area contributed by atoms with Crippen LogP contribution in [0.15, 0.2) is 35.0 Å². The molecule has 1 aliphatic rings. The first-order valence-electron chi connectivity index (χ1n) is 6.50. The zero-order valence-corrected chi connectivity index (χ0v) is 10.7. The van der Waals surface area contributed by atoms with Crippen LogP contribution in [0, 0.1) is 0 Å². The predicted octanol–water partition coefficient (Wildman–Crippen LogP) is 1.38.